The van der Waals surface area contributed by atoms with Gasteiger partial charge in [-0.05, 0) is 43.2 Å². The third-order valence-electron chi connectivity index (χ3n) is 3.72. The second kappa shape index (κ2) is 4.94. The monoisotopic (exact) mass is 329 g/mol. The second-order valence-corrected chi connectivity index (χ2v) is 6.04. The minimum Gasteiger partial charge on any atom is -0.384 e. The second-order valence-electron chi connectivity index (χ2n) is 5.13. The summed E-state index contributed by atoms with van der Waals surface area (Å²) in [6, 6.07) is 14.6. The number of amidine groups is 1. The number of fused-ring (bicyclic) bond motifs is 1. The number of nitrogen functional groups attached to an aromatic ring is 1. The molecule has 3 nitrogen and oxygen atoms in total. The quantitative estimate of drug-likeness (QED) is 0.650. The van der Waals surface area contributed by atoms with Gasteiger partial charge in [-0.25, -0.2) is 0 Å². The van der Waals surface area contributed by atoms with Gasteiger partial charge >= 0.3 is 0 Å². The third kappa shape index (κ3) is 2.10. The van der Waals surface area contributed by atoms with Crippen LogP contribution in [-0.2, 0) is 6.42 Å². The fourth-order valence-corrected chi connectivity index (χ4v) is 3.21. The third-order valence-corrected chi connectivity index (χ3v) is 4.21. The van der Waals surface area contributed by atoms with Crippen LogP contribution in [0, 0.1) is 5.41 Å². The van der Waals surface area contributed by atoms with Crippen molar-refractivity contribution >= 4 is 33.1 Å². The highest BCUT2D eigenvalue weighted by molar-refractivity contribution is 9.10. The van der Waals surface area contributed by atoms with E-state index in [9.17, 15) is 0 Å². The van der Waals surface area contributed by atoms with Crippen LogP contribution >= 0.6 is 15.9 Å². The molecule has 3 N–H and O–H groups in total. The van der Waals surface area contributed by atoms with E-state index in [0.717, 1.165) is 22.1 Å². The SMILES string of the molecule is CC1Cc2ccccc2N1c1cc(Br)ccc1C(=N)N. The molecule has 1 aliphatic heterocycles. The average Bonchev–Trinajstić information content (AvgIpc) is 2.73. The standard InChI is InChI=1S/C16H16BrN3/c1-10-8-11-4-2-3-5-14(11)20(10)15-9-12(17)6-7-13(15)16(18)19/h2-7,9-10H,8H2,1H3,(H3,18,19). The van der Waals surface area contributed by atoms with E-state index in [0.29, 0.717) is 6.04 Å². The van der Waals surface area contributed by atoms with E-state index in [1.807, 2.05) is 18.2 Å². The van der Waals surface area contributed by atoms with Gasteiger partial charge in [0.25, 0.3) is 0 Å². The lowest BCUT2D eigenvalue weighted by atomic mass is 10.1. The minimum absolute atomic E-state index is 0.101. The Morgan fingerprint density at radius 2 is 2.00 bits per heavy atom. The predicted molar refractivity (Wildman–Crippen MR) is 86.9 cm³/mol. The molecular weight excluding hydrogens is 314 g/mol. The first-order chi connectivity index (χ1) is 9.58. The topological polar surface area (TPSA) is 53.1 Å². The van der Waals surface area contributed by atoms with Crippen molar-refractivity contribution < 1.29 is 0 Å². The van der Waals surface area contributed by atoms with Crippen molar-refractivity contribution in [1.82, 2.24) is 0 Å². The van der Waals surface area contributed by atoms with E-state index in [1.165, 1.54) is 11.3 Å². The van der Waals surface area contributed by atoms with Crippen LogP contribution in [0.2, 0.25) is 0 Å². The number of benzene rings is 2. The molecule has 0 fully saturated rings. The highest BCUT2D eigenvalue weighted by Crippen LogP contribution is 2.40. The van der Waals surface area contributed by atoms with Crippen LogP contribution in [0.25, 0.3) is 0 Å². The summed E-state index contributed by atoms with van der Waals surface area (Å²) in [5, 5.41) is 7.80. The molecule has 0 aromatic heterocycles. The highest BCUT2D eigenvalue weighted by atomic mass is 79.9. The number of hydrogen-bond donors (Lipinski definition) is 2. The Hall–Kier alpha value is -1.81. The summed E-state index contributed by atoms with van der Waals surface area (Å²) in [5.41, 5.74) is 10.1. The summed E-state index contributed by atoms with van der Waals surface area (Å²) in [6.07, 6.45) is 1.01. The van der Waals surface area contributed by atoms with E-state index >= 15 is 0 Å². The molecular formula is C16H16BrN3. The zero-order valence-corrected chi connectivity index (χ0v) is 12.8. The molecule has 0 spiro atoms. The van der Waals surface area contributed by atoms with Crippen molar-refractivity contribution in [3.8, 4) is 0 Å². The first-order valence-corrected chi connectivity index (χ1v) is 7.38. The normalized spacial score (nSPS) is 17.1. The molecule has 0 amide bonds. The largest absolute Gasteiger partial charge is 0.384 e. The van der Waals surface area contributed by atoms with Crippen LogP contribution in [0.15, 0.2) is 46.9 Å². The fourth-order valence-electron chi connectivity index (χ4n) is 2.86. The lowest BCUT2D eigenvalue weighted by molar-refractivity contribution is 0.758. The van der Waals surface area contributed by atoms with E-state index in [4.69, 9.17) is 11.1 Å². The van der Waals surface area contributed by atoms with Crippen molar-refractivity contribution in [2.45, 2.75) is 19.4 Å². The molecule has 3 rings (SSSR count). The molecule has 1 unspecified atom stereocenters. The van der Waals surface area contributed by atoms with Crippen LogP contribution in [0.5, 0.6) is 0 Å². The maximum absolute atomic E-state index is 7.80. The van der Waals surface area contributed by atoms with Gasteiger partial charge in [-0.1, -0.05) is 34.1 Å². The highest BCUT2D eigenvalue weighted by Gasteiger charge is 2.28. The lowest BCUT2D eigenvalue weighted by Gasteiger charge is -2.27. The van der Waals surface area contributed by atoms with Crippen molar-refractivity contribution in [3.05, 3.63) is 58.1 Å². The van der Waals surface area contributed by atoms with Crippen LogP contribution < -0.4 is 10.6 Å². The lowest BCUT2D eigenvalue weighted by Crippen LogP contribution is -2.27. The Morgan fingerprint density at radius 1 is 1.25 bits per heavy atom. The van der Waals surface area contributed by atoms with Gasteiger partial charge in [0.1, 0.15) is 5.84 Å². The van der Waals surface area contributed by atoms with Crippen molar-refractivity contribution in [2.75, 3.05) is 4.90 Å². The van der Waals surface area contributed by atoms with Crippen LogP contribution in [0.4, 0.5) is 11.4 Å². The molecule has 2 aromatic carbocycles. The molecule has 2 aromatic rings. The van der Waals surface area contributed by atoms with Gasteiger partial charge in [-0.15, -0.1) is 0 Å². The summed E-state index contributed by atoms with van der Waals surface area (Å²) in [6.45, 7) is 2.20. The van der Waals surface area contributed by atoms with Crippen molar-refractivity contribution in [1.29, 1.82) is 5.41 Å². The van der Waals surface area contributed by atoms with E-state index in [1.54, 1.807) is 0 Å². The molecule has 102 valence electrons. The maximum Gasteiger partial charge on any atom is 0.124 e. The molecule has 0 radical (unpaired) electrons. The van der Waals surface area contributed by atoms with Gasteiger partial charge in [0.15, 0.2) is 0 Å². The van der Waals surface area contributed by atoms with Gasteiger partial charge in [0.2, 0.25) is 0 Å². The molecule has 0 saturated heterocycles. The van der Waals surface area contributed by atoms with Crippen molar-refractivity contribution in [2.24, 2.45) is 5.73 Å². The van der Waals surface area contributed by atoms with Crippen LogP contribution in [0.3, 0.4) is 0 Å². The molecule has 1 atom stereocenters. The summed E-state index contributed by atoms with van der Waals surface area (Å²) in [4.78, 5) is 2.27. The summed E-state index contributed by atoms with van der Waals surface area (Å²) < 4.78 is 0.995. The minimum atomic E-state index is 0.101. The molecule has 0 saturated carbocycles. The Balaban J connectivity index is 2.18. The summed E-state index contributed by atoms with van der Waals surface area (Å²) in [7, 11) is 0. The number of nitrogens with two attached hydrogens (primary N) is 1. The van der Waals surface area contributed by atoms with E-state index in [2.05, 4.69) is 52.0 Å². The number of rotatable bonds is 2. The van der Waals surface area contributed by atoms with Gasteiger partial charge in [-0.3, -0.25) is 5.41 Å². The maximum atomic E-state index is 7.80. The Morgan fingerprint density at radius 3 is 2.75 bits per heavy atom. The van der Waals surface area contributed by atoms with Crippen LogP contribution in [-0.4, -0.2) is 11.9 Å². The smallest absolute Gasteiger partial charge is 0.124 e. The summed E-state index contributed by atoms with van der Waals surface area (Å²) in [5.74, 6) is 0.101. The number of hydrogen-bond acceptors (Lipinski definition) is 2. The zero-order valence-electron chi connectivity index (χ0n) is 11.2. The van der Waals surface area contributed by atoms with Gasteiger partial charge in [0.05, 0.1) is 5.69 Å². The number of nitrogens with one attached hydrogen (secondary N) is 1. The number of anilines is 2. The molecule has 1 aliphatic rings. The first kappa shape index (κ1) is 13.2. The van der Waals surface area contributed by atoms with Gasteiger partial charge in [0, 0.05) is 21.8 Å². The van der Waals surface area contributed by atoms with Gasteiger partial charge < -0.3 is 10.6 Å². The number of nitrogens with zero attached hydrogens (tertiary/aromatic N) is 1. The molecule has 4 heteroatoms. The zero-order chi connectivity index (χ0) is 14.3. The molecule has 0 bridgehead atoms. The Labute approximate surface area is 127 Å². The van der Waals surface area contributed by atoms with Crippen molar-refractivity contribution in [3.63, 3.8) is 0 Å². The summed E-state index contributed by atoms with van der Waals surface area (Å²) >= 11 is 3.51. The number of para-hydroxylation sites is 1. The molecule has 0 aliphatic carbocycles. The van der Waals surface area contributed by atoms with E-state index in [-0.39, 0.29) is 5.84 Å². The molecule has 20 heavy (non-hydrogen) atoms. The first-order valence-electron chi connectivity index (χ1n) is 6.59. The van der Waals surface area contributed by atoms with Crippen LogP contribution in [0.1, 0.15) is 18.1 Å². The fraction of sp³-hybridized carbons (Fsp3) is 0.188. The number of halogens is 1. The van der Waals surface area contributed by atoms with Gasteiger partial charge in [-0.2, -0.15) is 0 Å². The molecule has 1 heterocycles. The van der Waals surface area contributed by atoms with E-state index < -0.39 is 0 Å². The Kier molecular flexibility index (Phi) is 3.26. The Bertz CT molecular complexity index is 681. The average molecular weight is 330 g/mol. The predicted octanol–water partition coefficient (Wildman–Crippen LogP) is 3.82.